The topological polar surface area (TPSA) is 21.3 Å². The van der Waals surface area contributed by atoms with Gasteiger partial charge in [-0.15, -0.1) is 0 Å². The van der Waals surface area contributed by atoms with E-state index < -0.39 is 0 Å². The van der Waals surface area contributed by atoms with Crippen LogP contribution in [0.5, 0.6) is 0 Å². The SMILES string of the molecule is FCC1COCN1. The van der Waals surface area contributed by atoms with Crippen molar-refractivity contribution in [3.63, 3.8) is 0 Å². The van der Waals surface area contributed by atoms with E-state index in [9.17, 15) is 4.39 Å². The first-order valence-corrected chi connectivity index (χ1v) is 2.30. The van der Waals surface area contributed by atoms with Gasteiger partial charge in [0.1, 0.15) is 6.67 Å². The summed E-state index contributed by atoms with van der Waals surface area (Å²) in [6.07, 6.45) is 0. The van der Waals surface area contributed by atoms with Crippen LogP contribution in [0.1, 0.15) is 0 Å². The monoisotopic (exact) mass is 105 g/mol. The molecule has 7 heavy (non-hydrogen) atoms. The zero-order chi connectivity index (χ0) is 5.11. The summed E-state index contributed by atoms with van der Waals surface area (Å²) in [5.74, 6) is 0. The van der Waals surface area contributed by atoms with Crippen molar-refractivity contribution in [1.82, 2.24) is 5.32 Å². The third-order valence-electron chi connectivity index (χ3n) is 0.979. The molecule has 2 nitrogen and oxygen atoms in total. The summed E-state index contributed by atoms with van der Waals surface area (Å²) in [7, 11) is 0. The first-order chi connectivity index (χ1) is 3.43. The third kappa shape index (κ3) is 1.11. The molecule has 1 atom stereocenters. The maximum Gasteiger partial charge on any atom is 0.107 e. The van der Waals surface area contributed by atoms with Crippen LogP contribution in [0, 0.1) is 0 Å². The Bertz CT molecular complexity index is 53.7. The Kier molecular flexibility index (Phi) is 1.59. The van der Waals surface area contributed by atoms with Crippen LogP contribution < -0.4 is 5.32 Å². The fourth-order valence-corrected chi connectivity index (χ4v) is 0.536. The van der Waals surface area contributed by atoms with Gasteiger partial charge < -0.3 is 4.74 Å². The summed E-state index contributed by atoms with van der Waals surface area (Å²) < 4.78 is 16.4. The van der Waals surface area contributed by atoms with Crippen molar-refractivity contribution >= 4 is 0 Å². The van der Waals surface area contributed by atoms with Crippen LogP contribution in [-0.4, -0.2) is 26.1 Å². The number of halogens is 1. The molecule has 0 saturated carbocycles. The predicted molar refractivity (Wildman–Crippen MR) is 23.7 cm³/mol. The maximum atomic E-state index is 11.6. The summed E-state index contributed by atoms with van der Waals surface area (Å²) in [5.41, 5.74) is 0. The van der Waals surface area contributed by atoms with Gasteiger partial charge in [-0.3, -0.25) is 5.32 Å². The van der Waals surface area contributed by atoms with Gasteiger partial charge in [-0.05, 0) is 0 Å². The maximum absolute atomic E-state index is 11.6. The molecule has 42 valence electrons. The molecular formula is C4H8FNO. The van der Waals surface area contributed by atoms with Gasteiger partial charge in [-0.1, -0.05) is 0 Å². The molecule has 1 N–H and O–H groups in total. The van der Waals surface area contributed by atoms with E-state index in [2.05, 4.69) is 5.32 Å². The standard InChI is InChI=1S/C4H8FNO/c5-1-4-2-7-3-6-4/h4,6H,1-3H2. The van der Waals surface area contributed by atoms with Crippen LogP contribution in [0.2, 0.25) is 0 Å². The van der Waals surface area contributed by atoms with Gasteiger partial charge in [0.05, 0.1) is 19.4 Å². The molecule has 3 heteroatoms. The van der Waals surface area contributed by atoms with Crippen molar-refractivity contribution in [2.75, 3.05) is 20.0 Å². The summed E-state index contributed by atoms with van der Waals surface area (Å²) in [5, 5.41) is 2.81. The van der Waals surface area contributed by atoms with E-state index in [1.807, 2.05) is 0 Å². The average Bonchev–Trinajstić information content (AvgIpc) is 2.14. The molecule has 0 radical (unpaired) electrons. The minimum absolute atomic E-state index is 0.0417. The lowest BCUT2D eigenvalue weighted by Gasteiger charge is -1.96. The highest BCUT2D eigenvalue weighted by atomic mass is 19.1. The second-order valence-corrected chi connectivity index (χ2v) is 1.57. The van der Waals surface area contributed by atoms with E-state index in [4.69, 9.17) is 4.74 Å². The van der Waals surface area contributed by atoms with Crippen LogP contribution in [0.15, 0.2) is 0 Å². The minimum Gasteiger partial charge on any atom is -0.365 e. The van der Waals surface area contributed by atoms with Gasteiger partial charge >= 0.3 is 0 Å². The first-order valence-electron chi connectivity index (χ1n) is 2.30. The largest absolute Gasteiger partial charge is 0.365 e. The molecule has 1 heterocycles. The molecule has 0 bridgehead atoms. The molecule has 1 fully saturated rings. The number of nitrogens with one attached hydrogen (secondary N) is 1. The summed E-state index contributed by atoms with van der Waals surface area (Å²) in [6, 6.07) is -0.0417. The number of rotatable bonds is 1. The summed E-state index contributed by atoms with van der Waals surface area (Å²) >= 11 is 0. The Morgan fingerprint density at radius 1 is 1.86 bits per heavy atom. The molecule has 0 aromatic heterocycles. The minimum atomic E-state index is -0.319. The zero-order valence-electron chi connectivity index (χ0n) is 3.98. The van der Waals surface area contributed by atoms with Crippen LogP contribution in [0.3, 0.4) is 0 Å². The van der Waals surface area contributed by atoms with E-state index in [-0.39, 0.29) is 12.7 Å². The molecule has 1 aliphatic rings. The molecule has 0 aliphatic carbocycles. The number of alkyl halides is 1. The number of hydrogen-bond acceptors (Lipinski definition) is 2. The molecule has 0 spiro atoms. The van der Waals surface area contributed by atoms with E-state index in [0.717, 1.165) is 0 Å². The Balaban J connectivity index is 2.14. The second-order valence-electron chi connectivity index (χ2n) is 1.57. The van der Waals surface area contributed by atoms with E-state index in [1.165, 1.54) is 0 Å². The highest BCUT2D eigenvalue weighted by molar-refractivity contribution is 4.66. The molecule has 0 amide bonds. The van der Waals surface area contributed by atoms with Crippen LogP contribution >= 0.6 is 0 Å². The second kappa shape index (κ2) is 2.23. The Labute approximate surface area is 41.7 Å². The molecule has 0 aromatic rings. The lowest BCUT2D eigenvalue weighted by atomic mass is 10.4. The zero-order valence-corrected chi connectivity index (χ0v) is 3.98. The normalized spacial score (nSPS) is 31.3. The van der Waals surface area contributed by atoms with Crippen molar-refractivity contribution in [2.24, 2.45) is 0 Å². The van der Waals surface area contributed by atoms with E-state index >= 15 is 0 Å². The van der Waals surface area contributed by atoms with Crippen LogP contribution in [-0.2, 0) is 4.74 Å². The van der Waals surface area contributed by atoms with Crippen molar-refractivity contribution in [3.05, 3.63) is 0 Å². The van der Waals surface area contributed by atoms with Gasteiger partial charge in [0, 0.05) is 0 Å². The van der Waals surface area contributed by atoms with Crippen molar-refractivity contribution < 1.29 is 9.13 Å². The average molecular weight is 105 g/mol. The fourth-order valence-electron chi connectivity index (χ4n) is 0.536. The number of hydrogen-bond donors (Lipinski definition) is 1. The molecular weight excluding hydrogens is 97.0 g/mol. The highest BCUT2D eigenvalue weighted by Crippen LogP contribution is 1.92. The third-order valence-corrected chi connectivity index (χ3v) is 0.979. The molecule has 1 unspecified atom stereocenters. The molecule has 1 saturated heterocycles. The van der Waals surface area contributed by atoms with E-state index in [1.54, 1.807) is 0 Å². The fraction of sp³-hybridized carbons (Fsp3) is 1.00. The smallest absolute Gasteiger partial charge is 0.107 e. The van der Waals surface area contributed by atoms with Crippen molar-refractivity contribution in [3.8, 4) is 0 Å². The highest BCUT2D eigenvalue weighted by Gasteiger charge is 2.12. The molecule has 1 aliphatic heterocycles. The summed E-state index contributed by atoms with van der Waals surface area (Å²) in [4.78, 5) is 0. The lowest BCUT2D eigenvalue weighted by Crippen LogP contribution is -2.25. The quantitative estimate of drug-likeness (QED) is 0.503. The Morgan fingerprint density at radius 3 is 3.00 bits per heavy atom. The van der Waals surface area contributed by atoms with Gasteiger partial charge in [0.2, 0.25) is 0 Å². The first kappa shape index (κ1) is 5.00. The van der Waals surface area contributed by atoms with Crippen molar-refractivity contribution in [2.45, 2.75) is 6.04 Å². The van der Waals surface area contributed by atoms with Gasteiger partial charge in [-0.2, -0.15) is 0 Å². The predicted octanol–water partition coefficient (Wildman–Crippen LogP) is -0.0982. The lowest BCUT2D eigenvalue weighted by molar-refractivity contribution is 0.187. The number of ether oxygens (including phenoxy) is 1. The Morgan fingerprint density at radius 2 is 2.71 bits per heavy atom. The molecule has 1 rings (SSSR count). The molecule has 0 aromatic carbocycles. The summed E-state index contributed by atoms with van der Waals surface area (Å²) in [6.45, 7) is 0.713. The van der Waals surface area contributed by atoms with Crippen LogP contribution in [0.25, 0.3) is 0 Å². The van der Waals surface area contributed by atoms with Crippen LogP contribution in [0.4, 0.5) is 4.39 Å². The van der Waals surface area contributed by atoms with Gasteiger partial charge in [0.15, 0.2) is 0 Å². The van der Waals surface area contributed by atoms with Gasteiger partial charge in [-0.25, -0.2) is 4.39 Å². The van der Waals surface area contributed by atoms with Crippen molar-refractivity contribution in [1.29, 1.82) is 0 Å². The Hall–Kier alpha value is -0.150. The van der Waals surface area contributed by atoms with Gasteiger partial charge in [0.25, 0.3) is 0 Å². The van der Waals surface area contributed by atoms with E-state index in [0.29, 0.717) is 13.3 Å².